The van der Waals surface area contributed by atoms with Crippen LogP contribution in [0, 0.1) is 0 Å². The lowest BCUT2D eigenvalue weighted by Crippen LogP contribution is -1.98. The van der Waals surface area contributed by atoms with Gasteiger partial charge in [-0.3, -0.25) is 4.79 Å². The Labute approximate surface area is 71.6 Å². The molecule has 0 unspecified atom stereocenters. The van der Waals surface area contributed by atoms with Crippen LogP contribution in [0.15, 0.2) is 12.3 Å². The van der Waals surface area contributed by atoms with Gasteiger partial charge < -0.3 is 5.73 Å². The quantitative estimate of drug-likeness (QED) is 0.687. The summed E-state index contributed by atoms with van der Waals surface area (Å²) >= 11 is 0. The Morgan fingerprint density at radius 1 is 1.67 bits per heavy atom. The zero-order valence-corrected chi connectivity index (χ0v) is 7.08. The van der Waals surface area contributed by atoms with Crippen molar-refractivity contribution in [1.82, 2.24) is 4.98 Å². The first-order chi connectivity index (χ1) is 5.77. The molecule has 0 saturated heterocycles. The highest BCUT2D eigenvalue weighted by molar-refractivity contribution is 5.81. The first kappa shape index (κ1) is 8.71. The average molecular weight is 164 g/mol. The Bertz CT molecular complexity index is 284. The molecule has 1 aromatic heterocycles. The van der Waals surface area contributed by atoms with Gasteiger partial charge in [0.05, 0.1) is 5.56 Å². The van der Waals surface area contributed by atoms with Gasteiger partial charge in [0.2, 0.25) is 0 Å². The lowest BCUT2D eigenvalue weighted by atomic mass is 10.1. The molecule has 0 saturated carbocycles. The maximum absolute atomic E-state index is 10.5. The summed E-state index contributed by atoms with van der Waals surface area (Å²) in [5.74, 6) is 0.310. The molecule has 0 spiro atoms. The third-order valence-corrected chi connectivity index (χ3v) is 1.67. The number of carbonyl (C=O) groups is 1. The molecule has 0 atom stereocenters. The molecule has 0 fully saturated rings. The van der Waals surface area contributed by atoms with Crippen LogP contribution in [0.3, 0.4) is 0 Å². The molecule has 64 valence electrons. The summed E-state index contributed by atoms with van der Waals surface area (Å²) in [5, 5.41) is 0. The summed E-state index contributed by atoms with van der Waals surface area (Å²) in [4.78, 5) is 14.4. The van der Waals surface area contributed by atoms with Gasteiger partial charge in [0.25, 0.3) is 0 Å². The molecule has 0 aliphatic rings. The van der Waals surface area contributed by atoms with Gasteiger partial charge in [0, 0.05) is 6.20 Å². The molecule has 3 nitrogen and oxygen atoms in total. The van der Waals surface area contributed by atoms with Crippen molar-refractivity contribution in [3.05, 3.63) is 23.4 Å². The van der Waals surface area contributed by atoms with Crippen molar-refractivity contribution in [2.24, 2.45) is 0 Å². The van der Waals surface area contributed by atoms with Crippen LogP contribution in [-0.2, 0) is 6.42 Å². The second-order valence-electron chi connectivity index (χ2n) is 2.69. The van der Waals surface area contributed by atoms with Crippen LogP contribution in [-0.4, -0.2) is 11.3 Å². The van der Waals surface area contributed by atoms with E-state index in [0.29, 0.717) is 11.4 Å². The van der Waals surface area contributed by atoms with Crippen LogP contribution in [0.2, 0.25) is 0 Å². The molecule has 0 radical (unpaired) electrons. The summed E-state index contributed by atoms with van der Waals surface area (Å²) in [6, 6.07) is 1.79. The van der Waals surface area contributed by atoms with Crippen molar-refractivity contribution in [3.8, 4) is 0 Å². The highest BCUT2D eigenvalue weighted by atomic mass is 16.1. The summed E-state index contributed by atoms with van der Waals surface area (Å²) < 4.78 is 0. The van der Waals surface area contributed by atoms with Crippen molar-refractivity contribution in [1.29, 1.82) is 0 Å². The Morgan fingerprint density at radius 2 is 2.42 bits per heavy atom. The van der Waals surface area contributed by atoms with Gasteiger partial charge in [-0.15, -0.1) is 0 Å². The SMILES string of the molecule is CCCc1cnc(N)c(C=O)c1. The standard InChI is InChI=1S/C9H12N2O/c1-2-3-7-4-8(6-12)9(10)11-5-7/h4-6H,2-3H2,1H3,(H2,10,11). The van der Waals surface area contributed by atoms with E-state index in [1.807, 2.05) is 0 Å². The third kappa shape index (κ3) is 1.81. The number of carbonyl (C=O) groups excluding carboxylic acids is 1. The smallest absolute Gasteiger partial charge is 0.153 e. The second kappa shape index (κ2) is 3.85. The van der Waals surface area contributed by atoms with Gasteiger partial charge in [-0.1, -0.05) is 13.3 Å². The van der Waals surface area contributed by atoms with Crippen LogP contribution in [0.25, 0.3) is 0 Å². The summed E-state index contributed by atoms with van der Waals surface area (Å²) in [7, 11) is 0. The minimum Gasteiger partial charge on any atom is -0.383 e. The maximum Gasteiger partial charge on any atom is 0.153 e. The minimum absolute atomic E-state index is 0.310. The first-order valence-electron chi connectivity index (χ1n) is 3.97. The van der Waals surface area contributed by atoms with Crippen LogP contribution in [0.4, 0.5) is 5.82 Å². The number of nitrogens with two attached hydrogens (primary N) is 1. The van der Waals surface area contributed by atoms with Gasteiger partial charge in [-0.25, -0.2) is 4.98 Å². The molecular weight excluding hydrogens is 152 g/mol. The number of anilines is 1. The number of nitrogens with zero attached hydrogens (tertiary/aromatic N) is 1. The van der Waals surface area contributed by atoms with Gasteiger partial charge >= 0.3 is 0 Å². The highest BCUT2D eigenvalue weighted by Gasteiger charge is 1.99. The number of aldehydes is 1. The zero-order chi connectivity index (χ0) is 8.97. The number of aromatic nitrogens is 1. The fourth-order valence-corrected chi connectivity index (χ4v) is 1.06. The topological polar surface area (TPSA) is 56.0 Å². The fraction of sp³-hybridized carbons (Fsp3) is 0.333. The van der Waals surface area contributed by atoms with E-state index in [9.17, 15) is 4.79 Å². The third-order valence-electron chi connectivity index (χ3n) is 1.67. The first-order valence-corrected chi connectivity index (χ1v) is 3.97. The predicted octanol–water partition coefficient (Wildman–Crippen LogP) is 1.43. The molecule has 0 aliphatic heterocycles. The van der Waals surface area contributed by atoms with Crippen LogP contribution in [0.1, 0.15) is 29.3 Å². The molecule has 1 heterocycles. The van der Waals surface area contributed by atoms with E-state index in [-0.39, 0.29) is 0 Å². The predicted molar refractivity (Wildman–Crippen MR) is 48.0 cm³/mol. The van der Waals surface area contributed by atoms with Gasteiger partial charge in [0.1, 0.15) is 5.82 Å². The average Bonchev–Trinajstić information content (AvgIpc) is 2.09. The van der Waals surface area contributed by atoms with Gasteiger partial charge in [-0.2, -0.15) is 0 Å². The van der Waals surface area contributed by atoms with Gasteiger partial charge in [-0.05, 0) is 18.1 Å². The van der Waals surface area contributed by atoms with Crippen molar-refractivity contribution in [2.45, 2.75) is 19.8 Å². The largest absolute Gasteiger partial charge is 0.383 e. The number of hydrogen-bond acceptors (Lipinski definition) is 3. The Hall–Kier alpha value is -1.38. The lowest BCUT2D eigenvalue weighted by molar-refractivity contribution is 0.112. The van der Waals surface area contributed by atoms with E-state index < -0.39 is 0 Å². The molecule has 2 N–H and O–H groups in total. The van der Waals surface area contributed by atoms with E-state index in [2.05, 4.69) is 11.9 Å². The molecule has 0 aliphatic carbocycles. The normalized spacial score (nSPS) is 9.75. The second-order valence-corrected chi connectivity index (χ2v) is 2.69. The zero-order valence-electron chi connectivity index (χ0n) is 7.08. The minimum atomic E-state index is 0.310. The molecule has 0 amide bonds. The maximum atomic E-state index is 10.5. The Kier molecular flexibility index (Phi) is 2.80. The van der Waals surface area contributed by atoms with E-state index >= 15 is 0 Å². The monoisotopic (exact) mass is 164 g/mol. The van der Waals surface area contributed by atoms with Crippen molar-refractivity contribution in [3.63, 3.8) is 0 Å². The Balaban J connectivity index is 2.96. The van der Waals surface area contributed by atoms with E-state index in [4.69, 9.17) is 5.73 Å². The summed E-state index contributed by atoms with van der Waals surface area (Å²) in [6.07, 6.45) is 4.44. The van der Waals surface area contributed by atoms with Crippen LogP contribution < -0.4 is 5.73 Å². The van der Waals surface area contributed by atoms with Crippen LogP contribution >= 0.6 is 0 Å². The summed E-state index contributed by atoms with van der Waals surface area (Å²) in [6.45, 7) is 2.08. The number of rotatable bonds is 3. The lowest BCUT2D eigenvalue weighted by Gasteiger charge is -2.00. The molecule has 3 heteroatoms. The van der Waals surface area contributed by atoms with E-state index in [0.717, 1.165) is 24.7 Å². The van der Waals surface area contributed by atoms with E-state index in [1.54, 1.807) is 12.3 Å². The van der Waals surface area contributed by atoms with Crippen LogP contribution in [0.5, 0.6) is 0 Å². The molecule has 1 aromatic rings. The number of aryl methyl sites for hydroxylation is 1. The molecule has 1 rings (SSSR count). The van der Waals surface area contributed by atoms with Crippen molar-refractivity contribution >= 4 is 12.1 Å². The number of pyridine rings is 1. The highest BCUT2D eigenvalue weighted by Crippen LogP contribution is 2.09. The number of hydrogen-bond donors (Lipinski definition) is 1. The van der Waals surface area contributed by atoms with E-state index in [1.165, 1.54) is 0 Å². The molecule has 0 bridgehead atoms. The Morgan fingerprint density at radius 3 is 3.00 bits per heavy atom. The molecule has 12 heavy (non-hydrogen) atoms. The van der Waals surface area contributed by atoms with Gasteiger partial charge in [0.15, 0.2) is 6.29 Å². The summed E-state index contributed by atoms with van der Waals surface area (Å²) in [5.41, 5.74) is 7.00. The fourth-order valence-electron chi connectivity index (χ4n) is 1.06. The van der Waals surface area contributed by atoms with Crippen molar-refractivity contribution < 1.29 is 4.79 Å². The molecular formula is C9H12N2O. The molecule has 0 aromatic carbocycles. The number of nitrogen functional groups attached to an aromatic ring is 1. The van der Waals surface area contributed by atoms with Crippen molar-refractivity contribution in [2.75, 3.05) is 5.73 Å².